The van der Waals surface area contributed by atoms with Crippen LogP contribution in [0, 0.1) is 0 Å². The van der Waals surface area contributed by atoms with Crippen LogP contribution in [-0.4, -0.2) is 36.3 Å². The molecule has 34 heavy (non-hydrogen) atoms. The summed E-state index contributed by atoms with van der Waals surface area (Å²) in [6.45, 7) is 0. The summed E-state index contributed by atoms with van der Waals surface area (Å²) in [4.78, 5) is 36.6. The van der Waals surface area contributed by atoms with Crippen LogP contribution in [0.5, 0.6) is 17.2 Å². The molecule has 11 heteroatoms. The Hall–Kier alpha value is -3.95. The number of ether oxygens (including phenoxy) is 2. The minimum Gasteiger partial charge on any atom is -0.503 e. The first kappa shape index (κ1) is 23.2. The molecule has 2 aromatic carbocycles. The van der Waals surface area contributed by atoms with Crippen molar-refractivity contribution >= 4 is 46.0 Å². The van der Waals surface area contributed by atoms with E-state index in [0.717, 1.165) is 0 Å². The number of aromatic carboxylic acids is 1. The van der Waals surface area contributed by atoms with E-state index in [4.69, 9.17) is 42.8 Å². The molecule has 0 radical (unpaired) electrons. The summed E-state index contributed by atoms with van der Waals surface area (Å²) in [6, 6.07) is 6.49. The van der Waals surface area contributed by atoms with Crippen molar-refractivity contribution in [3.63, 3.8) is 0 Å². The Balaban J connectivity index is 2.35. The number of phenols is 1. The summed E-state index contributed by atoms with van der Waals surface area (Å²) in [7, 11) is 2.57. The van der Waals surface area contributed by atoms with Crippen molar-refractivity contribution in [2.24, 2.45) is 5.73 Å². The first-order valence-electron chi connectivity index (χ1n) is 9.50. The second-order valence-electron chi connectivity index (χ2n) is 7.12. The molecule has 0 spiro atoms. The zero-order valence-corrected chi connectivity index (χ0v) is 19.1. The van der Waals surface area contributed by atoms with Gasteiger partial charge in [-0.2, -0.15) is 0 Å². The number of halogens is 2. The maximum Gasteiger partial charge on any atom is 0.336 e. The molecule has 4 N–H and O–H groups in total. The van der Waals surface area contributed by atoms with Crippen LogP contribution in [0.2, 0.25) is 10.0 Å². The lowest BCUT2D eigenvalue weighted by Crippen LogP contribution is -2.13. The Bertz CT molecular complexity index is 1540. The number of rotatable bonds is 5. The summed E-state index contributed by atoms with van der Waals surface area (Å²) in [5, 5.41) is 19.9. The van der Waals surface area contributed by atoms with E-state index in [-0.39, 0.29) is 66.1 Å². The van der Waals surface area contributed by atoms with Gasteiger partial charge in [-0.3, -0.25) is 9.59 Å². The number of methoxy groups -OCH3 is 2. The SMILES string of the molecule is COc1cc2c(-c3cc(C(N)=O)ccc3C(=O)O)c3cc(OC)c(=O)c(Cl)c-3oc2c(Cl)c1O. The van der Waals surface area contributed by atoms with E-state index in [0.29, 0.717) is 0 Å². The molecule has 0 unspecified atom stereocenters. The van der Waals surface area contributed by atoms with Gasteiger partial charge in [-0.1, -0.05) is 23.2 Å². The van der Waals surface area contributed by atoms with Gasteiger partial charge in [0.2, 0.25) is 11.3 Å². The van der Waals surface area contributed by atoms with Crippen molar-refractivity contribution in [2.45, 2.75) is 0 Å². The van der Waals surface area contributed by atoms with Crippen LogP contribution in [0.4, 0.5) is 0 Å². The van der Waals surface area contributed by atoms with Gasteiger partial charge in [0.25, 0.3) is 0 Å². The van der Waals surface area contributed by atoms with Gasteiger partial charge in [0, 0.05) is 22.1 Å². The van der Waals surface area contributed by atoms with E-state index in [1.165, 1.54) is 44.6 Å². The molecule has 2 aromatic rings. The summed E-state index contributed by atoms with van der Waals surface area (Å²) >= 11 is 12.6. The van der Waals surface area contributed by atoms with E-state index in [2.05, 4.69) is 0 Å². The van der Waals surface area contributed by atoms with Gasteiger partial charge in [0.15, 0.2) is 28.6 Å². The highest BCUT2D eigenvalue weighted by Gasteiger charge is 2.29. The van der Waals surface area contributed by atoms with E-state index >= 15 is 0 Å². The zero-order chi connectivity index (χ0) is 24.9. The first-order chi connectivity index (χ1) is 16.1. The molecule has 9 nitrogen and oxygen atoms in total. The maximum atomic E-state index is 12.6. The van der Waals surface area contributed by atoms with E-state index in [1.807, 2.05) is 0 Å². The molecule has 0 bridgehead atoms. The molecule has 0 saturated heterocycles. The van der Waals surface area contributed by atoms with Crippen molar-refractivity contribution in [1.82, 2.24) is 0 Å². The molecule has 1 amide bonds. The molecule has 0 atom stereocenters. The standard InChI is InChI=1S/C23H15Cl2NO8/c1-32-13-6-11-15(10-5-8(22(26)29)3-4-9(10)23(30)31)12-7-14(33-2)19(28)17(25)21(12)34-20(11)16(24)18(13)27/h3-7,27H,1-2H3,(H2,26,29)(H,30,31). The van der Waals surface area contributed by atoms with Crippen LogP contribution in [0.25, 0.3) is 33.4 Å². The van der Waals surface area contributed by atoms with Gasteiger partial charge in [-0.25, -0.2) is 4.79 Å². The number of aromatic hydroxyl groups is 1. The quantitative estimate of drug-likeness (QED) is 0.339. The molecule has 0 aromatic heterocycles. The number of hydrogen-bond donors (Lipinski definition) is 3. The summed E-state index contributed by atoms with van der Waals surface area (Å²) in [5.74, 6) is -2.84. The lowest BCUT2D eigenvalue weighted by Gasteiger charge is -2.20. The molecule has 1 aliphatic heterocycles. The summed E-state index contributed by atoms with van der Waals surface area (Å²) in [5.41, 5.74) is 4.90. The van der Waals surface area contributed by atoms with Gasteiger partial charge in [0.05, 0.1) is 19.8 Å². The van der Waals surface area contributed by atoms with Crippen molar-refractivity contribution in [2.75, 3.05) is 14.2 Å². The van der Waals surface area contributed by atoms with E-state index < -0.39 is 23.1 Å². The monoisotopic (exact) mass is 503 g/mol. The van der Waals surface area contributed by atoms with Gasteiger partial charge >= 0.3 is 5.97 Å². The second-order valence-corrected chi connectivity index (χ2v) is 7.88. The maximum absolute atomic E-state index is 12.6. The Kier molecular flexibility index (Phi) is 5.76. The van der Waals surface area contributed by atoms with Crippen LogP contribution in [0.1, 0.15) is 20.7 Å². The third-order valence-corrected chi connectivity index (χ3v) is 5.98. The molecular weight excluding hydrogens is 489 g/mol. The lowest BCUT2D eigenvalue weighted by molar-refractivity contribution is 0.0697. The number of hydrogen-bond acceptors (Lipinski definition) is 7. The number of benzene rings is 3. The molecule has 0 saturated carbocycles. The second kappa shape index (κ2) is 8.44. The van der Waals surface area contributed by atoms with Gasteiger partial charge in [-0.15, -0.1) is 0 Å². The van der Waals surface area contributed by atoms with Crippen LogP contribution >= 0.6 is 23.2 Å². The van der Waals surface area contributed by atoms with Crippen LogP contribution < -0.4 is 20.6 Å². The average molecular weight is 504 g/mol. The molecule has 0 fully saturated rings. The molecular formula is C23H15Cl2NO8. The number of primary amides is 1. The van der Waals surface area contributed by atoms with Crippen LogP contribution in [0.15, 0.2) is 39.5 Å². The number of carbonyl (C=O) groups is 2. The predicted molar refractivity (Wildman–Crippen MR) is 125 cm³/mol. The fourth-order valence-electron chi connectivity index (χ4n) is 3.70. The van der Waals surface area contributed by atoms with Crippen molar-refractivity contribution in [3.05, 3.63) is 61.7 Å². The Morgan fingerprint density at radius 3 is 2.26 bits per heavy atom. The zero-order valence-electron chi connectivity index (χ0n) is 17.6. The third kappa shape index (κ3) is 3.46. The molecule has 174 valence electrons. The highest BCUT2D eigenvalue weighted by Crippen LogP contribution is 2.50. The van der Waals surface area contributed by atoms with Gasteiger partial charge in [-0.05, 0) is 35.9 Å². The fourth-order valence-corrected chi connectivity index (χ4v) is 4.16. The van der Waals surface area contributed by atoms with E-state index in [1.54, 1.807) is 0 Å². The average Bonchev–Trinajstić information content (AvgIpc) is 2.82. The highest BCUT2D eigenvalue weighted by atomic mass is 35.5. The number of nitrogens with two attached hydrogens (primary N) is 1. The number of amides is 1. The Morgan fingerprint density at radius 1 is 1.00 bits per heavy atom. The minimum atomic E-state index is -1.30. The van der Waals surface area contributed by atoms with E-state index in [9.17, 15) is 24.6 Å². The molecule has 2 aliphatic rings. The smallest absolute Gasteiger partial charge is 0.336 e. The third-order valence-electron chi connectivity index (χ3n) is 5.29. The van der Waals surface area contributed by atoms with Crippen LogP contribution in [-0.2, 0) is 0 Å². The van der Waals surface area contributed by atoms with Crippen LogP contribution in [0.3, 0.4) is 0 Å². The normalized spacial score (nSPS) is 11.1. The number of carboxylic acids is 1. The Morgan fingerprint density at radius 2 is 1.68 bits per heavy atom. The Labute approximate surface area is 201 Å². The molecule has 1 aliphatic carbocycles. The predicted octanol–water partition coefficient (Wildman–Crippen LogP) is 4.39. The van der Waals surface area contributed by atoms with Crippen molar-refractivity contribution in [1.29, 1.82) is 0 Å². The fraction of sp³-hybridized carbons (Fsp3) is 0.0870. The number of carbonyl (C=O) groups excluding carboxylic acids is 1. The van der Waals surface area contributed by atoms with Gasteiger partial charge in [0.1, 0.15) is 10.0 Å². The first-order valence-corrected chi connectivity index (χ1v) is 10.3. The largest absolute Gasteiger partial charge is 0.503 e. The molecule has 4 rings (SSSR count). The number of phenolic OH excluding ortho intramolecular Hbond substituents is 1. The topological polar surface area (TPSA) is 149 Å². The number of carboxylic acid groups (broad SMARTS) is 1. The molecule has 1 heterocycles. The van der Waals surface area contributed by atoms with Crippen molar-refractivity contribution < 1.29 is 33.7 Å². The number of fused-ring (bicyclic) bond motifs is 2. The minimum absolute atomic E-state index is 0.0254. The van der Waals surface area contributed by atoms with Crippen molar-refractivity contribution in [3.8, 4) is 39.7 Å². The summed E-state index contributed by atoms with van der Waals surface area (Å²) < 4.78 is 16.2. The highest BCUT2D eigenvalue weighted by molar-refractivity contribution is 6.38. The lowest BCUT2D eigenvalue weighted by atomic mass is 9.89. The van der Waals surface area contributed by atoms with Gasteiger partial charge < -0.3 is 29.8 Å². The summed E-state index contributed by atoms with van der Waals surface area (Å²) in [6.07, 6.45) is 0.